The van der Waals surface area contributed by atoms with Crippen molar-refractivity contribution in [3.8, 4) is 5.75 Å². The van der Waals surface area contributed by atoms with Gasteiger partial charge in [0.15, 0.2) is 6.04 Å². The van der Waals surface area contributed by atoms with E-state index in [0.717, 1.165) is 16.2 Å². The van der Waals surface area contributed by atoms with E-state index in [1.807, 2.05) is 38.2 Å². The monoisotopic (exact) mass is 393 g/mol. The lowest BCUT2D eigenvalue weighted by atomic mass is 10.1. The van der Waals surface area contributed by atoms with Crippen molar-refractivity contribution in [1.29, 1.82) is 0 Å². The van der Waals surface area contributed by atoms with Crippen LogP contribution in [0.25, 0.3) is 0 Å². The van der Waals surface area contributed by atoms with E-state index in [-0.39, 0.29) is 11.9 Å². The molecule has 0 saturated heterocycles. The first-order chi connectivity index (χ1) is 12.4. The molecule has 0 aliphatic rings. The highest BCUT2D eigenvalue weighted by Crippen LogP contribution is 2.25. The van der Waals surface area contributed by atoms with Crippen molar-refractivity contribution < 1.29 is 14.4 Å². The van der Waals surface area contributed by atoms with Crippen LogP contribution in [0.1, 0.15) is 12.5 Å². The fraction of sp³-hybridized carbons (Fsp3) is 0.250. The maximum Gasteiger partial charge on any atom is 0.282 e. The van der Waals surface area contributed by atoms with Gasteiger partial charge in [0.1, 0.15) is 18.9 Å². The van der Waals surface area contributed by atoms with Crippen LogP contribution in [0, 0.1) is 0 Å². The number of hydrogen-bond donors (Lipinski definition) is 2. The average molecular weight is 394 g/mol. The summed E-state index contributed by atoms with van der Waals surface area (Å²) in [5.41, 5.74) is 1.64. The highest BCUT2D eigenvalue weighted by molar-refractivity contribution is 6.35. The van der Waals surface area contributed by atoms with Gasteiger partial charge in [-0.25, -0.2) is 0 Å². The van der Waals surface area contributed by atoms with Gasteiger partial charge in [-0.1, -0.05) is 35.9 Å². The van der Waals surface area contributed by atoms with Crippen LogP contribution in [-0.2, 0) is 11.3 Å². The average Bonchev–Trinajstić information content (AvgIpc) is 2.63. The molecule has 1 unspecified atom stereocenters. The summed E-state index contributed by atoms with van der Waals surface area (Å²) in [5.74, 6) is 0.685. The lowest BCUT2D eigenvalue weighted by Gasteiger charge is -2.21. The van der Waals surface area contributed by atoms with Gasteiger partial charge in [-0.2, -0.15) is 0 Å². The Morgan fingerprint density at radius 3 is 2.62 bits per heavy atom. The number of halogens is 2. The zero-order valence-corrected chi connectivity index (χ0v) is 16.4. The topological polar surface area (TPSA) is 42.8 Å². The lowest BCUT2D eigenvalue weighted by molar-refractivity contribution is -0.907. The van der Waals surface area contributed by atoms with Gasteiger partial charge in [0.05, 0.1) is 17.8 Å². The van der Waals surface area contributed by atoms with Crippen molar-refractivity contribution in [3.63, 3.8) is 0 Å². The first kappa shape index (κ1) is 20.3. The Morgan fingerprint density at radius 1 is 1.27 bits per heavy atom. The summed E-state index contributed by atoms with van der Waals surface area (Å²) < 4.78 is 5.48. The number of rotatable bonds is 8. The van der Waals surface area contributed by atoms with E-state index in [0.29, 0.717) is 28.9 Å². The minimum absolute atomic E-state index is 0.113. The van der Waals surface area contributed by atoms with Gasteiger partial charge < -0.3 is 15.0 Å². The summed E-state index contributed by atoms with van der Waals surface area (Å²) in [6, 6.07) is 12.6. The minimum atomic E-state index is -0.262. The molecule has 0 spiro atoms. The zero-order valence-electron chi connectivity index (χ0n) is 14.9. The van der Waals surface area contributed by atoms with Gasteiger partial charge in [0.2, 0.25) is 0 Å². The standard InChI is InChI=1S/C20H22Cl2N2O2/c1-4-11-26-17-8-5-15(6-9-17)13-24(3)14(2)20(25)23-19-12-16(21)7-10-18(19)22/h4-10,12,14H,1,11,13H2,2-3H3,(H,23,25)/p+1/t14-/m0/s1. The number of carbonyl (C=O) groups excluding carboxylic acids is 1. The Hall–Kier alpha value is -2.01. The highest BCUT2D eigenvalue weighted by Gasteiger charge is 2.22. The maximum absolute atomic E-state index is 12.5. The number of ether oxygens (including phenoxy) is 1. The third-order valence-electron chi connectivity index (χ3n) is 4.09. The fourth-order valence-electron chi connectivity index (χ4n) is 2.39. The molecule has 0 aliphatic heterocycles. The maximum atomic E-state index is 12.5. The lowest BCUT2D eigenvalue weighted by Crippen LogP contribution is -3.12. The van der Waals surface area contributed by atoms with Crippen molar-refractivity contribution >= 4 is 34.8 Å². The number of amides is 1. The Labute approximate surface area is 164 Å². The molecule has 1 amide bonds. The summed E-state index contributed by atoms with van der Waals surface area (Å²) in [5, 5.41) is 3.83. The number of carbonyl (C=O) groups is 1. The smallest absolute Gasteiger partial charge is 0.282 e. The number of benzene rings is 2. The molecule has 0 aliphatic carbocycles. The molecule has 0 aromatic heterocycles. The van der Waals surface area contributed by atoms with Crippen molar-refractivity contribution in [2.24, 2.45) is 0 Å². The van der Waals surface area contributed by atoms with E-state index in [2.05, 4.69) is 11.9 Å². The van der Waals surface area contributed by atoms with Crippen LogP contribution < -0.4 is 15.0 Å². The van der Waals surface area contributed by atoms with Crippen molar-refractivity contribution in [2.45, 2.75) is 19.5 Å². The second-order valence-electron chi connectivity index (χ2n) is 6.10. The molecule has 2 N–H and O–H groups in total. The summed E-state index contributed by atoms with van der Waals surface area (Å²) in [4.78, 5) is 13.6. The van der Waals surface area contributed by atoms with Gasteiger partial charge >= 0.3 is 0 Å². The summed E-state index contributed by atoms with van der Waals surface area (Å²) in [6.07, 6.45) is 1.71. The second-order valence-corrected chi connectivity index (χ2v) is 6.95. The number of nitrogens with one attached hydrogen (secondary N) is 2. The van der Waals surface area contributed by atoms with Gasteiger partial charge in [-0.3, -0.25) is 4.79 Å². The van der Waals surface area contributed by atoms with Crippen LogP contribution in [0.5, 0.6) is 5.75 Å². The third-order valence-corrected chi connectivity index (χ3v) is 4.66. The van der Waals surface area contributed by atoms with E-state index < -0.39 is 0 Å². The molecule has 138 valence electrons. The van der Waals surface area contributed by atoms with Gasteiger partial charge in [-0.05, 0) is 49.4 Å². The minimum Gasteiger partial charge on any atom is -0.490 e. The molecule has 6 heteroatoms. The molecule has 0 radical (unpaired) electrons. The van der Waals surface area contributed by atoms with E-state index in [1.165, 1.54) is 0 Å². The number of quaternary nitrogens is 1. The molecular weight excluding hydrogens is 371 g/mol. The molecule has 26 heavy (non-hydrogen) atoms. The van der Waals surface area contributed by atoms with Crippen LogP contribution in [0.3, 0.4) is 0 Å². The first-order valence-corrected chi connectivity index (χ1v) is 9.07. The summed E-state index contributed by atoms with van der Waals surface area (Å²) in [7, 11) is 1.98. The highest BCUT2D eigenvalue weighted by atomic mass is 35.5. The van der Waals surface area contributed by atoms with E-state index >= 15 is 0 Å². The van der Waals surface area contributed by atoms with Crippen LogP contribution in [-0.4, -0.2) is 25.6 Å². The Kier molecular flexibility index (Phi) is 7.51. The van der Waals surface area contributed by atoms with E-state index in [4.69, 9.17) is 27.9 Å². The zero-order chi connectivity index (χ0) is 19.1. The van der Waals surface area contributed by atoms with Crippen LogP contribution in [0.15, 0.2) is 55.1 Å². The fourth-order valence-corrected chi connectivity index (χ4v) is 2.73. The molecule has 2 atom stereocenters. The Balaban J connectivity index is 1.95. The number of hydrogen-bond acceptors (Lipinski definition) is 2. The van der Waals surface area contributed by atoms with Crippen LogP contribution in [0.2, 0.25) is 10.0 Å². The predicted octanol–water partition coefficient (Wildman–Crippen LogP) is 3.60. The molecule has 0 bridgehead atoms. The predicted molar refractivity (Wildman–Crippen MR) is 107 cm³/mol. The molecule has 0 fully saturated rings. The SMILES string of the molecule is C=CCOc1ccc(C[NH+](C)[C@@H](C)C(=O)Nc2cc(Cl)ccc2Cl)cc1. The van der Waals surface area contributed by atoms with Crippen LogP contribution in [0.4, 0.5) is 5.69 Å². The van der Waals surface area contributed by atoms with Gasteiger partial charge in [0, 0.05) is 10.6 Å². The quantitative estimate of drug-likeness (QED) is 0.672. The number of anilines is 1. The molecule has 0 heterocycles. The molecule has 2 aromatic rings. The number of likely N-dealkylation sites (N-methyl/N-ethyl adjacent to an activating group) is 1. The second kappa shape index (κ2) is 9.62. The van der Waals surface area contributed by atoms with E-state index in [9.17, 15) is 4.79 Å². The molecule has 2 aromatic carbocycles. The molecule has 2 rings (SSSR count). The van der Waals surface area contributed by atoms with Crippen molar-refractivity contribution in [2.75, 3.05) is 19.0 Å². The molecule has 4 nitrogen and oxygen atoms in total. The van der Waals surface area contributed by atoms with Crippen LogP contribution >= 0.6 is 23.2 Å². The summed E-state index contributed by atoms with van der Waals surface area (Å²) >= 11 is 12.1. The van der Waals surface area contributed by atoms with Crippen molar-refractivity contribution in [3.05, 3.63) is 70.7 Å². The third kappa shape index (κ3) is 5.77. The Bertz CT molecular complexity index is 763. The van der Waals surface area contributed by atoms with Gasteiger partial charge in [0.25, 0.3) is 5.91 Å². The molecule has 0 saturated carbocycles. The largest absolute Gasteiger partial charge is 0.490 e. The Morgan fingerprint density at radius 2 is 1.96 bits per heavy atom. The van der Waals surface area contributed by atoms with Gasteiger partial charge in [-0.15, -0.1) is 0 Å². The van der Waals surface area contributed by atoms with E-state index in [1.54, 1.807) is 24.3 Å². The normalized spacial score (nSPS) is 12.9. The van der Waals surface area contributed by atoms with Crippen molar-refractivity contribution in [1.82, 2.24) is 0 Å². The summed E-state index contributed by atoms with van der Waals surface area (Å²) in [6.45, 7) is 6.69. The first-order valence-electron chi connectivity index (χ1n) is 8.31. The molecular formula is C20H23Cl2N2O2+.